The molecule has 2 aromatic rings. The number of carbonyl (C=O) groups excluding carboxylic acids is 1. The zero-order valence-electron chi connectivity index (χ0n) is 15.5. The molecule has 6 nitrogen and oxygen atoms in total. The number of rotatable bonds is 3. The lowest BCUT2D eigenvalue weighted by Crippen LogP contribution is -2.45. The van der Waals surface area contributed by atoms with Crippen LogP contribution in [0.25, 0.3) is 11.4 Å². The number of hydrogen-bond donors (Lipinski definition) is 0. The second-order valence-corrected chi connectivity index (χ2v) is 8.21. The van der Waals surface area contributed by atoms with Crippen molar-refractivity contribution in [3.63, 3.8) is 0 Å². The minimum atomic E-state index is 0.121. The highest BCUT2D eigenvalue weighted by Crippen LogP contribution is 2.41. The molecule has 1 amide bonds. The van der Waals surface area contributed by atoms with E-state index in [-0.39, 0.29) is 5.91 Å². The van der Waals surface area contributed by atoms with Crippen molar-refractivity contribution in [1.29, 1.82) is 0 Å². The first-order valence-corrected chi connectivity index (χ1v) is 10.0. The van der Waals surface area contributed by atoms with Gasteiger partial charge in [-0.25, -0.2) is 0 Å². The Balaban J connectivity index is 1.24. The van der Waals surface area contributed by atoms with Gasteiger partial charge in [0.15, 0.2) is 0 Å². The lowest BCUT2D eigenvalue weighted by molar-refractivity contribution is -0.0175. The second-order valence-electron chi connectivity index (χ2n) is 8.21. The van der Waals surface area contributed by atoms with E-state index in [1.165, 1.54) is 0 Å². The first-order chi connectivity index (χ1) is 13.2. The predicted molar refractivity (Wildman–Crippen MR) is 99.3 cm³/mol. The van der Waals surface area contributed by atoms with E-state index in [9.17, 15) is 4.79 Å². The average Bonchev–Trinajstić information content (AvgIpc) is 3.46. The summed E-state index contributed by atoms with van der Waals surface area (Å²) in [7, 11) is 0. The third-order valence-corrected chi connectivity index (χ3v) is 6.42. The fourth-order valence-electron chi connectivity index (χ4n) is 4.28. The zero-order chi connectivity index (χ0) is 18.3. The molecule has 0 unspecified atom stereocenters. The van der Waals surface area contributed by atoms with Crippen LogP contribution in [0.1, 0.15) is 60.7 Å². The Morgan fingerprint density at radius 2 is 1.74 bits per heavy atom. The average molecular weight is 367 g/mol. The molecule has 1 spiro atoms. The topological polar surface area (TPSA) is 68.5 Å². The van der Waals surface area contributed by atoms with Crippen molar-refractivity contribution < 1.29 is 14.1 Å². The largest absolute Gasteiger partial charge is 0.381 e. The van der Waals surface area contributed by atoms with Crippen molar-refractivity contribution in [3.8, 4) is 11.4 Å². The number of nitrogens with zero attached hydrogens (tertiary/aromatic N) is 3. The summed E-state index contributed by atoms with van der Waals surface area (Å²) in [6, 6.07) is 7.59. The van der Waals surface area contributed by atoms with Crippen LogP contribution in [0, 0.1) is 5.41 Å². The van der Waals surface area contributed by atoms with Gasteiger partial charge in [-0.2, -0.15) is 4.98 Å². The predicted octanol–water partition coefficient (Wildman–Crippen LogP) is 3.65. The molecule has 1 aromatic heterocycles. The number of ether oxygens (including phenoxy) is 1. The van der Waals surface area contributed by atoms with Crippen LogP contribution in [0.2, 0.25) is 0 Å². The van der Waals surface area contributed by atoms with Crippen LogP contribution in [-0.2, 0) is 4.74 Å². The molecule has 5 rings (SSSR count). The minimum absolute atomic E-state index is 0.121. The van der Waals surface area contributed by atoms with Crippen molar-refractivity contribution in [2.45, 2.75) is 44.4 Å². The molecule has 0 bridgehead atoms. The molecule has 0 radical (unpaired) electrons. The van der Waals surface area contributed by atoms with Gasteiger partial charge in [0.25, 0.3) is 5.91 Å². The lowest BCUT2D eigenvalue weighted by Gasteiger charge is -2.44. The van der Waals surface area contributed by atoms with Gasteiger partial charge in [0.1, 0.15) is 0 Å². The maximum atomic E-state index is 12.9. The summed E-state index contributed by atoms with van der Waals surface area (Å²) >= 11 is 0. The minimum Gasteiger partial charge on any atom is -0.381 e. The van der Waals surface area contributed by atoms with Gasteiger partial charge in [0.05, 0.1) is 0 Å². The molecule has 0 N–H and O–H groups in total. The fraction of sp³-hybridized carbons (Fsp3) is 0.571. The molecular formula is C21H25N3O3. The van der Waals surface area contributed by atoms with Crippen molar-refractivity contribution in [2.24, 2.45) is 5.41 Å². The second kappa shape index (κ2) is 6.75. The van der Waals surface area contributed by atoms with E-state index in [0.717, 1.165) is 81.8 Å². The third-order valence-electron chi connectivity index (χ3n) is 6.42. The molecule has 6 heteroatoms. The Hall–Kier alpha value is -2.21. The van der Waals surface area contributed by atoms with Crippen molar-refractivity contribution >= 4 is 5.91 Å². The van der Waals surface area contributed by atoms with Gasteiger partial charge in [-0.05, 0) is 56.1 Å². The van der Waals surface area contributed by atoms with Gasteiger partial charge in [0.2, 0.25) is 11.7 Å². The van der Waals surface area contributed by atoms with Crippen LogP contribution in [-0.4, -0.2) is 47.3 Å². The van der Waals surface area contributed by atoms with Crippen molar-refractivity contribution in [1.82, 2.24) is 15.0 Å². The molecule has 0 atom stereocenters. The first kappa shape index (κ1) is 16.9. The smallest absolute Gasteiger partial charge is 0.253 e. The summed E-state index contributed by atoms with van der Waals surface area (Å²) in [5, 5.41) is 4.07. The van der Waals surface area contributed by atoms with Gasteiger partial charge >= 0.3 is 0 Å². The van der Waals surface area contributed by atoms with Gasteiger partial charge in [-0.3, -0.25) is 4.79 Å². The zero-order valence-corrected chi connectivity index (χ0v) is 15.5. The number of piperidine rings is 1. The fourth-order valence-corrected chi connectivity index (χ4v) is 4.28. The Morgan fingerprint density at radius 3 is 2.41 bits per heavy atom. The highest BCUT2D eigenvalue weighted by molar-refractivity contribution is 5.94. The maximum Gasteiger partial charge on any atom is 0.253 e. The lowest BCUT2D eigenvalue weighted by atomic mass is 9.72. The molecule has 1 aromatic carbocycles. The first-order valence-electron chi connectivity index (χ1n) is 10.0. The van der Waals surface area contributed by atoms with E-state index < -0.39 is 0 Å². The molecule has 3 heterocycles. The highest BCUT2D eigenvalue weighted by Gasteiger charge is 2.37. The normalized spacial score (nSPS) is 22.1. The van der Waals surface area contributed by atoms with Gasteiger partial charge in [-0.1, -0.05) is 17.3 Å². The summed E-state index contributed by atoms with van der Waals surface area (Å²) in [4.78, 5) is 19.3. The number of benzene rings is 1. The van der Waals surface area contributed by atoms with Crippen LogP contribution >= 0.6 is 0 Å². The molecule has 27 heavy (non-hydrogen) atoms. The number of aromatic nitrogens is 2. The quantitative estimate of drug-likeness (QED) is 0.828. The van der Waals surface area contributed by atoms with E-state index in [0.29, 0.717) is 17.2 Å². The summed E-state index contributed by atoms with van der Waals surface area (Å²) < 4.78 is 10.8. The van der Waals surface area contributed by atoms with Crippen LogP contribution in [0.3, 0.4) is 0 Å². The van der Waals surface area contributed by atoms with Crippen molar-refractivity contribution in [3.05, 3.63) is 35.7 Å². The molecule has 1 saturated carbocycles. The maximum absolute atomic E-state index is 12.9. The standard InChI is InChI=1S/C21H25N3O3/c25-20(24-11-7-21(8-12-24)9-13-26-14-10-21)17-5-1-15(2-6-17)18-22-19(27-23-18)16-3-4-16/h1-2,5-6,16H,3-4,7-14H2. The van der Waals surface area contributed by atoms with E-state index in [1.807, 2.05) is 29.2 Å². The van der Waals surface area contributed by atoms with Crippen LogP contribution in [0.5, 0.6) is 0 Å². The Labute approximate surface area is 158 Å². The van der Waals surface area contributed by atoms with E-state index in [2.05, 4.69) is 10.1 Å². The SMILES string of the molecule is O=C(c1ccc(-c2noc(C3CC3)n2)cc1)N1CCC2(CCOCC2)CC1. The van der Waals surface area contributed by atoms with Gasteiger partial charge in [0, 0.05) is 43.3 Å². The molecule has 1 aliphatic carbocycles. The molecule has 3 fully saturated rings. The summed E-state index contributed by atoms with van der Waals surface area (Å²) in [6.07, 6.45) is 6.73. The van der Waals surface area contributed by atoms with E-state index >= 15 is 0 Å². The van der Waals surface area contributed by atoms with E-state index in [4.69, 9.17) is 9.26 Å². The van der Waals surface area contributed by atoms with Gasteiger partial charge in [-0.15, -0.1) is 0 Å². The highest BCUT2D eigenvalue weighted by atomic mass is 16.5. The van der Waals surface area contributed by atoms with Crippen LogP contribution in [0.15, 0.2) is 28.8 Å². The molecular weight excluding hydrogens is 342 g/mol. The third kappa shape index (κ3) is 3.38. The molecule has 142 valence electrons. The van der Waals surface area contributed by atoms with Crippen LogP contribution in [0.4, 0.5) is 0 Å². The Morgan fingerprint density at radius 1 is 1.04 bits per heavy atom. The Kier molecular flexibility index (Phi) is 4.23. The molecule has 2 aliphatic heterocycles. The monoisotopic (exact) mass is 367 g/mol. The van der Waals surface area contributed by atoms with E-state index in [1.54, 1.807) is 0 Å². The number of likely N-dealkylation sites (tertiary alicyclic amines) is 1. The number of carbonyl (C=O) groups is 1. The summed E-state index contributed by atoms with van der Waals surface area (Å²) in [6.45, 7) is 3.42. The summed E-state index contributed by atoms with van der Waals surface area (Å²) in [5.74, 6) is 1.91. The summed E-state index contributed by atoms with van der Waals surface area (Å²) in [5.41, 5.74) is 2.02. The van der Waals surface area contributed by atoms with Gasteiger partial charge < -0.3 is 14.2 Å². The number of amides is 1. The molecule has 2 saturated heterocycles. The van der Waals surface area contributed by atoms with Crippen LogP contribution < -0.4 is 0 Å². The van der Waals surface area contributed by atoms with Crippen molar-refractivity contribution in [2.75, 3.05) is 26.3 Å². The number of hydrogen-bond acceptors (Lipinski definition) is 5. The molecule has 3 aliphatic rings. The Bertz CT molecular complexity index is 809.